The summed E-state index contributed by atoms with van der Waals surface area (Å²) in [5, 5.41) is 8.69. The highest BCUT2D eigenvalue weighted by molar-refractivity contribution is 6.42. The van der Waals surface area contributed by atoms with Crippen molar-refractivity contribution in [3.63, 3.8) is 0 Å². The van der Waals surface area contributed by atoms with Crippen LogP contribution in [0.3, 0.4) is 0 Å². The van der Waals surface area contributed by atoms with Crippen molar-refractivity contribution in [2.24, 2.45) is 5.73 Å². The molecule has 0 aliphatic heterocycles. The Morgan fingerprint density at radius 2 is 2.07 bits per heavy atom. The minimum atomic E-state index is -0.595. The molecule has 1 atom stereocenters. The SMILES string of the molecule is NC(CCO)c1cc(F)c(Cl)c(Cl)c1. The van der Waals surface area contributed by atoms with Crippen LogP contribution in [0.5, 0.6) is 0 Å². The molecular formula is C9H10Cl2FNO. The van der Waals surface area contributed by atoms with Crippen LogP contribution in [0.25, 0.3) is 0 Å². The maximum Gasteiger partial charge on any atom is 0.143 e. The Kier molecular flexibility index (Phi) is 4.13. The van der Waals surface area contributed by atoms with Gasteiger partial charge in [-0.3, -0.25) is 0 Å². The largest absolute Gasteiger partial charge is 0.396 e. The molecule has 0 amide bonds. The van der Waals surface area contributed by atoms with E-state index >= 15 is 0 Å². The van der Waals surface area contributed by atoms with Crippen LogP contribution in [0.1, 0.15) is 18.0 Å². The van der Waals surface area contributed by atoms with Crippen LogP contribution in [0, 0.1) is 5.82 Å². The molecule has 0 aromatic heterocycles. The van der Waals surface area contributed by atoms with E-state index in [4.69, 9.17) is 34.0 Å². The lowest BCUT2D eigenvalue weighted by molar-refractivity contribution is 0.276. The Morgan fingerprint density at radius 3 is 2.57 bits per heavy atom. The number of aliphatic hydroxyl groups excluding tert-OH is 1. The molecule has 0 heterocycles. The minimum absolute atomic E-state index is 0.0525. The zero-order chi connectivity index (χ0) is 10.7. The number of benzene rings is 1. The number of hydrogen-bond acceptors (Lipinski definition) is 2. The Morgan fingerprint density at radius 1 is 1.43 bits per heavy atom. The van der Waals surface area contributed by atoms with Gasteiger partial charge in [-0.2, -0.15) is 0 Å². The van der Waals surface area contributed by atoms with E-state index in [1.165, 1.54) is 12.1 Å². The van der Waals surface area contributed by atoms with E-state index in [-0.39, 0.29) is 16.7 Å². The van der Waals surface area contributed by atoms with E-state index in [2.05, 4.69) is 0 Å². The van der Waals surface area contributed by atoms with Gasteiger partial charge in [0.15, 0.2) is 0 Å². The molecular weight excluding hydrogens is 228 g/mol. The van der Waals surface area contributed by atoms with Crippen LogP contribution in [-0.2, 0) is 0 Å². The van der Waals surface area contributed by atoms with Gasteiger partial charge in [-0.05, 0) is 24.1 Å². The fourth-order valence-corrected chi connectivity index (χ4v) is 1.42. The van der Waals surface area contributed by atoms with E-state index < -0.39 is 11.9 Å². The monoisotopic (exact) mass is 237 g/mol. The first-order valence-electron chi connectivity index (χ1n) is 4.07. The average molecular weight is 238 g/mol. The van der Waals surface area contributed by atoms with Gasteiger partial charge in [0.1, 0.15) is 5.82 Å². The quantitative estimate of drug-likeness (QED) is 0.794. The third-order valence-electron chi connectivity index (χ3n) is 1.87. The Labute approximate surface area is 91.4 Å². The zero-order valence-corrected chi connectivity index (χ0v) is 8.82. The highest BCUT2D eigenvalue weighted by Gasteiger charge is 2.11. The summed E-state index contributed by atoms with van der Waals surface area (Å²) in [4.78, 5) is 0. The van der Waals surface area contributed by atoms with Crippen molar-refractivity contribution in [2.75, 3.05) is 6.61 Å². The Hall–Kier alpha value is -0.350. The first-order chi connectivity index (χ1) is 6.56. The fourth-order valence-electron chi connectivity index (χ4n) is 1.09. The van der Waals surface area contributed by atoms with Crippen LogP contribution in [0.4, 0.5) is 4.39 Å². The van der Waals surface area contributed by atoms with Gasteiger partial charge in [0, 0.05) is 12.6 Å². The molecule has 0 spiro atoms. The van der Waals surface area contributed by atoms with Crippen LogP contribution in [0.2, 0.25) is 10.0 Å². The molecule has 0 bridgehead atoms. The first kappa shape index (κ1) is 11.7. The standard InChI is InChI=1S/C9H10Cl2FNO/c10-6-3-5(8(13)1-2-14)4-7(12)9(6)11/h3-4,8,14H,1-2,13H2. The summed E-state index contributed by atoms with van der Waals surface area (Å²) in [6.07, 6.45) is 0.359. The summed E-state index contributed by atoms with van der Waals surface area (Å²) >= 11 is 11.2. The van der Waals surface area contributed by atoms with Crippen molar-refractivity contribution in [3.05, 3.63) is 33.6 Å². The Balaban J connectivity index is 3.00. The van der Waals surface area contributed by atoms with Crippen LogP contribution < -0.4 is 5.73 Å². The van der Waals surface area contributed by atoms with Gasteiger partial charge in [0.25, 0.3) is 0 Å². The highest BCUT2D eigenvalue weighted by atomic mass is 35.5. The van der Waals surface area contributed by atoms with Gasteiger partial charge in [0.2, 0.25) is 0 Å². The van der Waals surface area contributed by atoms with Gasteiger partial charge >= 0.3 is 0 Å². The smallest absolute Gasteiger partial charge is 0.143 e. The third-order valence-corrected chi connectivity index (χ3v) is 2.65. The zero-order valence-electron chi connectivity index (χ0n) is 7.30. The van der Waals surface area contributed by atoms with Crippen LogP contribution >= 0.6 is 23.2 Å². The molecule has 3 N–H and O–H groups in total. The molecule has 0 saturated carbocycles. The van der Waals surface area contributed by atoms with E-state index in [0.717, 1.165) is 0 Å². The van der Waals surface area contributed by atoms with Crippen molar-refractivity contribution in [2.45, 2.75) is 12.5 Å². The molecule has 1 aromatic carbocycles. The lowest BCUT2D eigenvalue weighted by atomic mass is 10.1. The van der Waals surface area contributed by atoms with Crippen molar-refractivity contribution in [1.82, 2.24) is 0 Å². The summed E-state index contributed by atoms with van der Waals surface area (Å²) < 4.78 is 13.1. The van der Waals surface area contributed by atoms with Gasteiger partial charge in [-0.1, -0.05) is 23.2 Å². The maximum atomic E-state index is 13.1. The molecule has 5 heteroatoms. The number of rotatable bonds is 3. The first-order valence-corrected chi connectivity index (χ1v) is 4.82. The van der Waals surface area contributed by atoms with Gasteiger partial charge < -0.3 is 10.8 Å². The Bertz CT molecular complexity index is 310. The predicted octanol–water partition coefficient (Wildman–Crippen LogP) is 2.51. The molecule has 1 aromatic rings. The number of halogens is 3. The molecule has 14 heavy (non-hydrogen) atoms. The van der Waals surface area contributed by atoms with E-state index in [9.17, 15) is 4.39 Å². The normalized spacial score (nSPS) is 12.9. The third kappa shape index (κ3) is 2.58. The molecule has 0 aliphatic rings. The highest BCUT2D eigenvalue weighted by Crippen LogP contribution is 2.28. The summed E-state index contributed by atoms with van der Waals surface area (Å²) in [7, 11) is 0. The van der Waals surface area contributed by atoms with Crippen molar-refractivity contribution in [1.29, 1.82) is 0 Å². The van der Waals surface area contributed by atoms with Gasteiger partial charge in [-0.25, -0.2) is 4.39 Å². The molecule has 2 nitrogen and oxygen atoms in total. The second-order valence-corrected chi connectivity index (χ2v) is 3.70. The van der Waals surface area contributed by atoms with Crippen molar-refractivity contribution < 1.29 is 9.50 Å². The van der Waals surface area contributed by atoms with E-state index in [1.807, 2.05) is 0 Å². The topological polar surface area (TPSA) is 46.2 Å². The minimum Gasteiger partial charge on any atom is -0.396 e. The average Bonchev–Trinajstić information content (AvgIpc) is 2.13. The van der Waals surface area contributed by atoms with E-state index in [1.54, 1.807) is 0 Å². The van der Waals surface area contributed by atoms with E-state index in [0.29, 0.717) is 12.0 Å². The lowest BCUT2D eigenvalue weighted by Crippen LogP contribution is -2.12. The summed E-state index contributed by atoms with van der Waals surface area (Å²) in [5.41, 5.74) is 6.20. The molecule has 1 rings (SSSR count). The molecule has 1 unspecified atom stereocenters. The lowest BCUT2D eigenvalue weighted by Gasteiger charge is -2.11. The summed E-state index contributed by atoms with van der Waals surface area (Å²) in [6.45, 7) is -0.0525. The second kappa shape index (κ2) is 4.94. The van der Waals surface area contributed by atoms with Gasteiger partial charge in [0.05, 0.1) is 10.0 Å². The van der Waals surface area contributed by atoms with Crippen molar-refractivity contribution in [3.8, 4) is 0 Å². The molecule has 0 radical (unpaired) electrons. The molecule has 78 valence electrons. The molecule has 0 aliphatic carbocycles. The summed E-state index contributed by atoms with van der Waals surface area (Å²) in [5.74, 6) is -0.595. The van der Waals surface area contributed by atoms with Crippen LogP contribution in [0.15, 0.2) is 12.1 Å². The maximum absolute atomic E-state index is 13.1. The predicted molar refractivity (Wildman–Crippen MR) is 55.1 cm³/mol. The molecule has 0 fully saturated rings. The number of hydrogen-bond donors (Lipinski definition) is 2. The summed E-state index contributed by atoms with van der Waals surface area (Å²) in [6, 6.07) is 2.31. The van der Waals surface area contributed by atoms with Gasteiger partial charge in [-0.15, -0.1) is 0 Å². The second-order valence-electron chi connectivity index (χ2n) is 2.92. The number of nitrogens with two attached hydrogens (primary N) is 1. The molecule has 0 saturated heterocycles. The van der Waals surface area contributed by atoms with Crippen LogP contribution in [-0.4, -0.2) is 11.7 Å². The number of aliphatic hydroxyl groups is 1. The fraction of sp³-hybridized carbons (Fsp3) is 0.333. The van der Waals surface area contributed by atoms with Crippen molar-refractivity contribution >= 4 is 23.2 Å².